The number of anilines is 1. The number of carbonyl (C=O) groups excluding carboxylic acids is 3. The number of rotatable bonds is 4. The molecule has 5 atom stereocenters. The summed E-state index contributed by atoms with van der Waals surface area (Å²) in [6.45, 7) is 2.98. The minimum absolute atomic E-state index is 0.108. The molecule has 3 heterocycles. The third-order valence-corrected chi connectivity index (χ3v) is 6.72. The van der Waals surface area contributed by atoms with Gasteiger partial charge in [-0.3, -0.25) is 24.6 Å². The van der Waals surface area contributed by atoms with Crippen LogP contribution in [0.4, 0.5) is 10.1 Å². The number of nitrogens with zero attached hydrogens (tertiary/aromatic N) is 1. The Labute approximate surface area is 185 Å². The molecule has 4 rings (SSSR count). The lowest BCUT2D eigenvalue weighted by Gasteiger charge is -2.49. The van der Waals surface area contributed by atoms with Crippen LogP contribution in [-0.2, 0) is 14.4 Å². The van der Waals surface area contributed by atoms with Crippen LogP contribution in [0.3, 0.4) is 0 Å². The summed E-state index contributed by atoms with van der Waals surface area (Å²) in [5.41, 5.74) is 0.306. The first-order valence-corrected chi connectivity index (χ1v) is 11.1. The standard InChI is InChI=1S/C21H27ClFN5O3/c1-2-12-5-3-4-8-28(12)21-26-18-17(20(31)27-21)13(10-16(29)25-18)19(30)24-11-6-7-15(23)14(22)9-11/h6-7,9,12-13,17-18,21,26H,2-5,8,10H2,1H3,(H,24,30)(H,25,29)(H,27,31). The minimum atomic E-state index is -0.862. The normalized spacial score (nSPS) is 31.4. The molecule has 4 N–H and O–H groups in total. The monoisotopic (exact) mass is 451 g/mol. The van der Waals surface area contributed by atoms with Crippen LogP contribution in [0.1, 0.15) is 39.0 Å². The number of halogens is 2. The highest BCUT2D eigenvalue weighted by molar-refractivity contribution is 6.31. The summed E-state index contributed by atoms with van der Waals surface area (Å²) in [6, 6.07) is 4.18. The van der Waals surface area contributed by atoms with Gasteiger partial charge in [0.05, 0.1) is 23.0 Å². The van der Waals surface area contributed by atoms with Crippen molar-refractivity contribution in [2.24, 2.45) is 11.8 Å². The Morgan fingerprint density at radius 1 is 1.29 bits per heavy atom. The number of benzene rings is 1. The van der Waals surface area contributed by atoms with Crippen molar-refractivity contribution >= 4 is 35.0 Å². The lowest BCUT2D eigenvalue weighted by Crippen LogP contribution is -2.75. The highest BCUT2D eigenvalue weighted by atomic mass is 35.5. The number of carbonyl (C=O) groups is 3. The number of hydrogen-bond acceptors (Lipinski definition) is 5. The highest BCUT2D eigenvalue weighted by Gasteiger charge is 2.49. The predicted octanol–water partition coefficient (Wildman–Crippen LogP) is 1.76. The molecule has 3 aliphatic heterocycles. The van der Waals surface area contributed by atoms with Gasteiger partial charge in [0.2, 0.25) is 17.7 Å². The van der Waals surface area contributed by atoms with Gasteiger partial charge in [-0.05, 0) is 37.5 Å². The van der Waals surface area contributed by atoms with Crippen molar-refractivity contribution in [3.8, 4) is 0 Å². The van der Waals surface area contributed by atoms with E-state index in [2.05, 4.69) is 33.1 Å². The maximum absolute atomic E-state index is 13.4. The van der Waals surface area contributed by atoms with Gasteiger partial charge in [0, 0.05) is 24.7 Å². The molecular weight excluding hydrogens is 425 g/mol. The second-order valence-electron chi connectivity index (χ2n) is 8.37. The summed E-state index contributed by atoms with van der Waals surface area (Å²) in [5.74, 6) is -3.26. The van der Waals surface area contributed by atoms with Gasteiger partial charge in [0.25, 0.3) is 0 Å². The van der Waals surface area contributed by atoms with Gasteiger partial charge in [-0.15, -0.1) is 0 Å². The Kier molecular flexibility index (Phi) is 6.45. The summed E-state index contributed by atoms with van der Waals surface area (Å²) in [5, 5.41) is 11.7. The van der Waals surface area contributed by atoms with Crippen LogP contribution in [0.25, 0.3) is 0 Å². The molecule has 0 spiro atoms. The van der Waals surface area contributed by atoms with Gasteiger partial charge in [0.15, 0.2) is 0 Å². The fourth-order valence-electron chi connectivity index (χ4n) is 4.85. The Bertz CT molecular complexity index is 885. The number of piperidine rings is 2. The fraction of sp³-hybridized carbons (Fsp3) is 0.571. The zero-order valence-electron chi connectivity index (χ0n) is 17.3. The largest absolute Gasteiger partial charge is 0.340 e. The molecule has 1 aromatic rings. The lowest BCUT2D eigenvalue weighted by atomic mass is 9.81. The van der Waals surface area contributed by atoms with Crippen molar-refractivity contribution < 1.29 is 18.8 Å². The summed E-state index contributed by atoms with van der Waals surface area (Å²) >= 11 is 5.78. The molecule has 31 heavy (non-hydrogen) atoms. The molecule has 1 aromatic carbocycles. The van der Waals surface area contributed by atoms with Crippen molar-refractivity contribution in [3.05, 3.63) is 29.0 Å². The van der Waals surface area contributed by atoms with Gasteiger partial charge >= 0.3 is 0 Å². The molecule has 0 aromatic heterocycles. The lowest BCUT2D eigenvalue weighted by molar-refractivity contribution is -0.148. The molecule has 3 fully saturated rings. The number of amides is 3. The molecule has 0 bridgehead atoms. The van der Waals surface area contributed by atoms with Gasteiger partial charge in [0.1, 0.15) is 12.1 Å². The van der Waals surface area contributed by atoms with Crippen LogP contribution in [0.15, 0.2) is 18.2 Å². The van der Waals surface area contributed by atoms with E-state index < -0.39 is 36.0 Å². The second-order valence-corrected chi connectivity index (χ2v) is 8.78. The molecule has 3 amide bonds. The second kappa shape index (κ2) is 9.10. The summed E-state index contributed by atoms with van der Waals surface area (Å²) < 4.78 is 13.4. The average Bonchev–Trinajstić information content (AvgIpc) is 2.75. The summed E-state index contributed by atoms with van der Waals surface area (Å²) in [6.07, 6.45) is 3.10. The van der Waals surface area contributed by atoms with E-state index in [-0.39, 0.29) is 23.3 Å². The van der Waals surface area contributed by atoms with E-state index in [0.29, 0.717) is 11.7 Å². The topological polar surface area (TPSA) is 103 Å². The van der Waals surface area contributed by atoms with Crippen LogP contribution in [0.5, 0.6) is 0 Å². The molecule has 8 nitrogen and oxygen atoms in total. The molecule has 0 saturated carbocycles. The van der Waals surface area contributed by atoms with Crippen LogP contribution >= 0.6 is 11.6 Å². The third kappa shape index (κ3) is 4.53. The van der Waals surface area contributed by atoms with Crippen LogP contribution in [0, 0.1) is 17.7 Å². The summed E-state index contributed by atoms with van der Waals surface area (Å²) in [4.78, 5) is 40.6. The molecule has 3 aliphatic rings. The molecule has 0 radical (unpaired) electrons. The maximum atomic E-state index is 13.4. The zero-order valence-corrected chi connectivity index (χ0v) is 18.0. The van der Waals surface area contributed by atoms with Gasteiger partial charge in [-0.1, -0.05) is 24.9 Å². The molecule has 0 aliphatic carbocycles. The average molecular weight is 452 g/mol. The smallest absolute Gasteiger partial charge is 0.229 e. The maximum Gasteiger partial charge on any atom is 0.229 e. The van der Waals surface area contributed by atoms with Gasteiger partial charge < -0.3 is 16.0 Å². The van der Waals surface area contributed by atoms with Crippen molar-refractivity contribution in [1.82, 2.24) is 20.9 Å². The number of likely N-dealkylation sites (tertiary alicyclic amines) is 1. The first-order valence-electron chi connectivity index (χ1n) is 10.7. The zero-order chi connectivity index (χ0) is 22.1. The minimum Gasteiger partial charge on any atom is -0.340 e. The van der Waals surface area contributed by atoms with Crippen LogP contribution in [0.2, 0.25) is 5.02 Å². The van der Waals surface area contributed by atoms with E-state index in [1.54, 1.807) is 0 Å². The van der Waals surface area contributed by atoms with E-state index in [0.717, 1.165) is 38.3 Å². The molecular formula is C21H27ClFN5O3. The van der Waals surface area contributed by atoms with Crippen LogP contribution < -0.4 is 21.3 Å². The SMILES string of the molecule is CCC1CCCCN1C1NC(=O)C2C(NC(=O)CC2C(=O)Nc2ccc(F)c(Cl)c2)N1. The number of fused-ring (bicyclic) bond motifs is 1. The Hall–Kier alpha value is -2.23. The first kappa shape index (κ1) is 22.0. The molecule has 3 saturated heterocycles. The summed E-state index contributed by atoms with van der Waals surface area (Å²) in [7, 11) is 0. The van der Waals surface area contributed by atoms with Crippen LogP contribution in [-0.4, -0.2) is 47.7 Å². The third-order valence-electron chi connectivity index (χ3n) is 6.43. The first-order chi connectivity index (χ1) is 14.9. The van der Waals surface area contributed by atoms with Crippen molar-refractivity contribution in [2.45, 2.75) is 57.5 Å². The molecule has 5 unspecified atom stereocenters. The Morgan fingerprint density at radius 2 is 2.10 bits per heavy atom. The van der Waals surface area contributed by atoms with Crippen molar-refractivity contribution in [3.63, 3.8) is 0 Å². The Morgan fingerprint density at radius 3 is 2.84 bits per heavy atom. The van der Waals surface area contributed by atoms with E-state index in [1.165, 1.54) is 12.1 Å². The number of hydrogen-bond donors (Lipinski definition) is 4. The highest BCUT2D eigenvalue weighted by Crippen LogP contribution is 2.30. The number of nitrogens with one attached hydrogen (secondary N) is 4. The van der Waals surface area contributed by atoms with Crippen molar-refractivity contribution in [2.75, 3.05) is 11.9 Å². The quantitative estimate of drug-likeness (QED) is 0.558. The fourth-order valence-corrected chi connectivity index (χ4v) is 5.03. The van der Waals surface area contributed by atoms with E-state index in [4.69, 9.17) is 11.6 Å². The van der Waals surface area contributed by atoms with E-state index in [1.807, 2.05) is 0 Å². The predicted molar refractivity (Wildman–Crippen MR) is 113 cm³/mol. The van der Waals surface area contributed by atoms with E-state index in [9.17, 15) is 18.8 Å². The molecule has 168 valence electrons. The van der Waals surface area contributed by atoms with Gasteiger partial charge in [-0.25, -0.2) is 4.39 Å². The molecule has 10 heteroatoms. The Balaban J connectivity index is 1.50. The van der Waals surface area contributed by atoms with Crippen molar-refractivity contribution in [1.29, 1.82) is 0 Å². The van der Waals surface area contributed by atoms with E-state index >= 15 is 0 Å². The van der Waals surface area contributed by atoms with Gasteiger partial charge in [-0.2, -0.15) is 0 Å².